The Hall–Kier alpha value is -3.07. The predicted octanol–water partition coefficient (Wildman–Crippen LogP) is 2.55. The van der Waals surface area contributed by atoms with Gasteiger partial charge in [0.25, 0.3) is 17.5 Å². The summed E-state index contributed by atoms with van der Waals surface area (Å²) in [6.07, 6.45) is 1.28. The maximum Gasteiger partial charge on any atom is 0.284 e. The van der Waals surface area contributed by atoms with Crippen molar-refractivity contribution in [2.45, 2.75) is 6.92 Å². The Bertz CT molecular complexity index is 866. The van der Waals surface area contributed by atoms with E-state index in [4.69, 9.17) is 0 Å². The monoisotopic (exact) mass is 418 g/mol. The summed E-state index contributed by atoms with van der Waals surface area (Å²) in [5.74, 6) is -0.888. The highest BCUT2D eigenvalue weighted by Gasteiger charge is 2.11. The fourth-order valence-electron chi connectivity index (χ4n) is 1.94. The van der Waals surface area contributed by atoms with Gasteiger partial charge in [-0.05, 0) is 41.1 Å². The first-order chi connectivity index (χ1) is 12.4. The number of aryl methyl sites for hydroxylation is 1. The lowest BCUT2D eigenvalue weighted by atomic mass is 10.1. The number of halogens is 1. The number of hydrazone groups is 1. The quantitative estimate of drug-likeness (QED) is 0.426. The number of nitrogens with one attached hydrogen (secondary N) is 2. The molecule has 134 valence electrons. The molecule has 2 aromatic rings. The largest absolute Gasteiger partial charge is 0.343 e. The zero-order valence-corrected chi connectivity index (χ0v) is 15.3. The number of amides is 2. The van der Waals surface area contributed by atoms with Gasteiger partial charge in [0.2, 0.25) is 0 Å². The molecule has 0 radical (unpaired) electrons. The van der Waals surface area contributed by atoms with Crippen LogP contribution in [-0.4, -0.2) is 29.5 Å². The van der Waals surface area contributed by atoms with Crippen LogP contribution >= 0.6 is 15.9 Å². The highest BCUT2D eigenvalue weighted by atomic mass is 79.9. The van der Waals surface area contributed by atoms with Gasteiger partial charge < -0.3 is 5.32 Å². The van der Waals surface area contributed by atoms with Gasteiger partial charge in [0.15, 0.2) is 0 Å². The molecule has 2 rings (SSSR count). The van der Waals surface area contributed by atoms with Gasteiger partial charge in [0.1, 0.15) is 0 Å². The predicted molar refractivity (Wildman–Crippen MR) is 100 cm³/mol. The van der Waals surface area contributed by atoms with Crippen molar-refractivity contribution >= 4 is 39.6 Å². The Morgan fingerprint density at radius 1 is 1.23 bits per heavy atom. The minimum Gasteiger partial charge on any atom is -0.343 e. The molecule has 0 spiro atoms. The van der Waals surface area contributed by atoms with Gasteiger partial charge in [-0.1, -0.05) is 23.8 Å². The molecule has 0 atom stereocenters. The Morgan fingerprint density at radius 3 is 2.58 bits per heavy atom. The van der Waals surface area contributed by atoms with Crippen LogP contribution in [-0.2, 0) is 4.79 Å². The molecule has 26 heavy (non-hydrogen) atoms. The summed E-state index contributed by atoms with van der Waals surface area (Å²) in [4.78, 5) is 33.9. The van der Waals surface area contributed by atoms with E-state index in [0.717, 1.165) is 5.56 Å². The SMILES string of the molecule is Cc1ccc(C(=O)NCC(=O)N/N=C\c2ccc(Br)c([N+](=O)[O-])c2)cc1. The highest BCUT2D eigenvalue weighted by Crippen LogP contribution is 2.24. The van der Waals surface area contributed by atoms with Crippen LogP contribution in [0.4, 0.5) is 5.69 Å². The van der Waals surface area contributed by atoms with E-state index in [1.807, 2.05) is 6.92 Å². The molecule has 0 fully saturated rings. The number of nitro groups is 1. The summed E-state index contributed by atoms with van der Waals surface area (Å²) < 4.78 is 0.350. The molecular formula is C17H15BrN4O4. The second-order valence-corrected chi connectivity index (χ2v) is 6.16. The summed E-state index contributed by atoms with van der Waals surface area (Å²) in [7, 11) is 0. The van der Waals surface area contributed by atoms with Crippen LogP contribution < -0.4 is 10.7 Å². The molecule has 2 aromatic carbocycles. The van der Waals surface area contributed by atoms with Crippen LogP contribution in [0.15, 0.2) is 52.0 Å². The molecule has 0 saturated heterocycles. The van der Waals surface area contributed by atoms with Gasteiger partial charge >= 0.3 is 0 Å². The van der Waals surface area contributed by atoms with E-state index in [0.29, 0.717) is 15.6 Å². The molecule has 0 aliphatic carbocycles. The molecule has 0 unspecified atom stereocenters. The van der Waals surface area contributed by atoms with Gasteiger partial charge in [-0.2, -0.15) is 5.10 Å². The summed E-state index contributed by atoms with van der Waals surface area (Å²) in [6, 6.07) is 11.4. The molecule has 0 heterocycles. The third-order valence-electron chi connectivity index (χ3n) is 3.29. The van der Waals surface area contributed by atoms with Gasteiger partial charge in [0.05, 0.1) is 22.2 Å². The summed E-state index contributed by atoms with van der Waals surface area (Å²) >= 11 is 3.08. The van der Waals surface area contributed by atoms with Crippen molar-refractivity contribution < 1.29 is 14.5 Å². The molecule has 0 aliphatic heterocycles. The van der Waals surface area contributed by atoms with Crippen molar-refractivity contribution in [1.82, 2.24) is 10.7 Å². The number of hydrogen-bond acceptors (Lipinski definition) is 5. The van der Waals surface area contributed by atoms with Crippen molar-refractivity contribution in [3.63, 3.8) is 0 Å². The minimum absolute atomic E-state index is 0.106. The summed E-state index contributed by atoms with van der Waals surface area (Å²) in [6.45, 7) is 1.66. The number of benzene rings is 2. The average molecular weight is 419 g/mol. The van der Waals surface area contributed by atoms with Crippen molar-refractivity contribution in [3.05, 3.63) is 73.7 Å². The lowest BCUT2D eigenvalue weighted by molar-refractivity contribution is -0.385. The Labute approximate surface area is 157 Å². The molecular weight excluding hydrogens is 404 g/mol. The first-order valence-corrected chi connectivity index (χ1v) is 8.27. The summed E-state index contributed by atoms with van der Waals surface area (Å²) in [5.41, 5.74) is 4.07. The van der Waals surface area contributed by atoms with E-state index in [9.17, 15) is 19.7 Å². The number of rotatable bonds is 6. The molecule has 0 saturated carbocycles. The van der Waals surface area contributed by atoms with E-state index >= 15 is 0 Å². The van der Waals surface area contributed by atoms with Gasteiger partial charge in [-0.3, -0.25) is 19.7 Å². The van der Waals surface area contributed by atoms with E-state index in [2.05, 4.69) is 31.8 Å². The van der Waals surface area contributed by atoms with E-state index < -0.39 is 10.8 Å². The fourth-order valence-corrected chi connectivity index (χ4v) is 2.33. The third kappa shape index (κ3) is 5.49. The van der Waals surface area contributed by atoms with Gasteiger partial charge in [0, 0.05) is 17.2 Å². The number of carbonyl (C=O) groups excluding carboxylic acids is 2. The van der Waals surface area contributed by atoms with Crippen molar-refractivity contribution in [1.29, 1.82) is 0 Å². The average Bonchev–Trinajstić information content (AvgIpc) is 2.61. The van der Waals surface area contributed by atoms with Crippen LogP contribution in [0.3, 0.4) is 0 Å². The Kier molecular flexibility index (Phi) is 6.56. The molecule has 0 aromatic heterocycles. The second kappa shape index (κ2) is 8.86. The summed E-state index contributed by atoms with van der Waals surface area (Å²) in [5, 5.41) is 17.1. The number of nitro benzene ring substituents is 1. The van der Waals surface area contributed by atoms with Gasteiger partial charge in [-0.25, -0.2) is 5.43 Å². The van der Waals surface area contributed by atoms with Crippen LogP contribution in [0, 0.1) is 17.0 Å². The Balaban J connectivity index is 1.85. The van der Waals surface area contributed by atoms with E-state index in [1.54, 1.807) is 30.3 Å². The van der Waals surface area contributed by atoms with E-state index in [1.165, 1.54) is 18.3 Å². The number of nitrogens with zero attached hydrogens (tertiary/aromatic N) is 2. The number of hydrogen-bond donors (Lipinski definition) is 2. The molecule has 2 N–H and O–H groups in total. The number of carbonyl (C=O) groups is 2. The lowest BCUT2D eigenvalue weighted by Crippen LogP contribution is -2.34. The molecule has 2 amide bonds. The van der Waals surface area contributed by atoms with Crippen molar-refractivity contribution in [2.24, 2.45) is 5.10 Å². The first-order valence-electron chi connectivity index (χ1n) is 7.47. The topological polar surface area (TPSA) is 114 Å². The van der Waals surface area contributed by atoms with Crippen LogP contribution in [0.5, 0.6) is 0 Å². The molecule has 0 aliphatic rings. The third-order valence-corrected chi connectivity index (χ3v) is 3.96. The van der Waals surface area contributed by atoms with Crippen molar-refractivity contribution in [2.75, 3.05) is 6.54 Å². The first kappa shape index (κ1) is 19.3. The van der Waals surface area contributed by atoms with Crippen molar-refractivity contribution in [3.8, 4) is 0 Å². The lowest BCUT2D eigenvalue weighted by Gasteiger charge is -2.04. The smallest absolute Gasteiger partial charge is 0.284 e. The molecule has 9 heteroatoms. The van der Waals surface area contributed by atoms with Crippen LogP contribution in [0.1, 0.15) is 21.5 Å². The van der Waals surface area contributed by atoms with Crippen LogP contribution in [0.25, 0.3) is 0 Å². The van der Waals surface area contributed by atoms with Crippen LogP contribution in [0.2, 0.25) is 0 Å². The Morgan fingerprint density at radius 2 is 1.92 bits per heavy atom. The normalized spacial score (nSPS) is 10.5. The van der Waals surface area contributed by atoms with Gasteiger partial charge in [-0.15, -0.1) is 0 Å². The molecule has 8 nitrogen and oxygen atoms in total. The maximum absolute atomic E-state index is 11.9. The zero-order valence-electron chi connectivity index (χ0n) is 13.7. The standard InChI is InChI=1S/C17H15BrN4O4/c1-11-2-5-13(6-3-11)17(24)19-10-16(23)21-20-9-12-4-7-14(18)15(8-12)22(25)26/h2-9H,10H2,1H3,(H,19,24)(H,21,23)/b20-9-. The molecule has 0 bridgehead atoms. The minimum atomic E-state index is -0.527. The zero-order chi connectivity index (χ0) is 19.1. The second-order valence-electron chi connectivity index (χ2n) is 5.31. The fraction of sp³-hybridized carbons (Fsp3) is 0.118. The maximum atomic E-state index is 11.9. The highest BCUT2D eigenvalue weighted by molar-refractivity contribution is 9.10. The van der Waals surface area contributed by atoms with E-state index in [-0.39, 0.29) is 18.1 Å².